The summed E-state index contributed by atoms with van der Waals surface area (Å²) in [4.78, 5) is 20.6. The molecule has 2 atom stereocenters. The Kier molecular flexibility index (Phi) is 14.5. The molecule has 0 aliphatic rings. The number of hydrogen-bond donors (Lipinski definition) is 1. The summed E-state index contributed by atoms with van der Waals surface area (Å²) in [6.45, 7) is 2.09. The zero-order valence-electron chi connectivity index (χ0n) is 14.3. The van der Waals surface area contributed by atoms with Crippen molar-refractivity contribution >= 4 is 6.29 Å². The van der Waals surface area contributed by atoms with Crippen LogP contribution in [0.2, 0.25) is 0 Å². The molecule has 2 unspecified atom stereocenters. The van der Waals surface area contributed by atoms with Gasteiger partial charge in [-0.1, -0.05) is 51.4 Å². The molecule has 0 aromatic carbocycles. The average molecular weight is 324 g/mol. The van der Waals surface area contributed by atoms with Gasteiger partial charge in [0.15, 0.2) is 12.4 Å². The lowest BCUT2D eigenvalue weighted by Gasteiger charge is -2.11. The lowest BCUT2D eigenvalue weighted by atomic mass is 10.0. The van der Waals surface area contributed by atoms with Crippen LogP contribution in [0.5, 0.6) is 0 Å². The first kappa shape index (κ1) is 21.6. The Bertz CT molecular complexity index is 373. The molecule has 0 fully saturated rings. The minimum atomic E-state index is -1.17. The van der Waals surface area contributed by atoms with Crippen LogP contribution in [0, 0.1) is 22.0 Å². The molecule has 1 radical (unpaired) electrons. The molecule has 0 bridgehead atoms. The van der Waals surface area contributed by atoms with Gasteiger partial charge in [-0.3, -0.25) is 14.9 Å². The van der Waals surface area contributed by atoms with Crippen molar-refractivity contribution in [2.45, 2.75) is 96.1 Å². The first-order valence-corrected chi connectivity index (χ1v) is 8.78. The van der Waals surface area contributed by atoms with Gasteiger partial charge in [0.25, 0.3) is 0 Å². The predicted molar refractivity (Wildman–Crippen MR) is 91.3 cm³/mol. The standard InChI is InChI=1S/C18H30NO4/c1-2-3-4-11-14-17(19(22)23)18(21)15-12-9-7-5-6-8-10-13-16-20/h17-18,21H,2-11,13-14H2,1H3. The zero-order valence-corrected chi connectivity index (χ0v) is 14.3. The Morgan fingerprint density at radius 1 is 1.00 bits per heavy atom. The highest BCUT2D eigenvalue weighted by atomic mass is 16.6. The van der Waals surface area contributed by atoms with Crippen molar-refractivity contribution in [3.05, 3.63) is 10.1 Å². The van der Waals surface area contributed by atoms with Gasteiger partial charge in [-0.15, -0.1) is 5.92 Å². The van der Waals surface area contributed by atoms with Crippen LogP contribution in [0.1, 0.15) is 84.0 Å². The van der Waals surface area contributed by atoms with Crippen LogP contribution in [-0.2, 0) is 4.79 Å². The van der Waals surface area contributed by atoms with Gasteiger partial charge in [0, 0.05) is 24.2 Å². The summed E-state index contributed by atoms with van der Waals surface area (Å²) >= 11 is 0. The van der Waals surface area contributed by atoms with Gasteiger partial charge < -0.3 is 5.11 Å². The molecule has 0 saturated carbocycles. The minimum absolute atomic E-state index is 0.386. The van der Waals surface area contributed by atoms with Crippen LogP contribution in [0.4, 0.5) is 0 Å². The molecule has 0 saturated heterocycles. The number of aliphatic hydroxyl groups is 1. The fourth-order valence-electron chi connectivity index (χ4n) is 2.37. The first-order valence-electron chi connectivity index (χ1n) is 8.78. The van der Waals surface area contributed by atoms with E-state index in [1.54, 1.807) is 0 Å². The summed E-state index contributed by atoms with van der Waals surface area (Å²) in [6.07, 6.45) is 11.0. The van der Waals surface area contributed by atoms with Crippen molar-refractivity contribution in [2.75, 3.05) is 0 Å². The van der Waals surface area contributed by atoms with E-state index in [9.17, 15) is 20.0 Å². The van der Waals surface area contributed by atoms with Crippen molar-refractivity contribution in [2.24, 2.45) is 0 Å². The molecule has 131 valence electrons. The van der Waals surface area contributed by atoms with Crippen molar-refractivity contribution < 1.29 is 14.8 Å². The van der Waals surface area contributed by atoms with Crippen LogP contribution < -0.4 is 0 Å². The summed E-state index contributed by atoms with van der Waals surface area (Å²) in [5.41, 5.74) is 0. The van der Waals surface area contributed by atoms with E-state index in [1.165, 1.54) is 0 Å². The summed E-state index contributed by atoms with van der Waals surface area (Å²) in [5.74, 6) is 5.49. The van der Waals surface area contributed by atoms with E-state index in [2.05, 4.69) is 18.8 Å². The maximum atomic E-state index is 11.0. The minimum Gasteiger partial charge on any atom is -0.374 e. The van der Waals surface area contributed by atoms with Gasteiger partial charge in [0.1, 0.15) is 0 Å². The van der Waals surface area contributed by atoms with E-state index in [0.717, 1.165) is 57.8 Å². The molecule has 0 aliphatic carbocycles. The van der Waals surface area contributed by atoms with Gasteiger partial charge in [-0.25, -0.2) is 0 Å². The third-order valence-corrected chi connectivity index (χ3v) is 3.82. The zero-order chi connectivity index (χ0) is 17.3. The molecule has 0 rings (SSSR count). The maximum Gasteiger partial charge on any atom is 0.249 e. The lowest BCUT2D eigenvalue weighted by molar-refractivity contribution is -0.532. The Balaban J connectivity index is 3.91. The van der Waals surface area contributed by atoms with Gasteiger partial charge in [0.05, 0.1) is 0 Å². The molecule has 5 heteroatoms. The summed E-state index contributed by atoms with van der Waals surface area (Å²) < 4.78 is 0. The maximum absolute atomic E-state index is 11.0. The van der Waals surface area contributed by atoms with Crippen LogP contribution in [-0.4, -0.2) is 28.5 Å². The van der Waals surface area contributed by atoms with Gasteiger partial charge in [-0.05, 0) is 19.3 Å². The second kappa shape index (κ2) is 15.5. The molecule has 5 nitrogen and oxygen atoms in total. The fraction of sp³-hybridized carbons (Fsp3) is 0.833. The van der Waals surface area contributed by atoms with Crippen LogP contribution in [0.3, 0.4) is 0 Å². The largest absolute Gasteiger partial charge is 0.374 e. The third-order valence-electron chi connectivity index (χ3n) is 3.82. The van der Waals surface area contributed by atoms with Crippen molar-refractivity contribution in [3.63, 3.8) is 0 Å². The van der Waals surface area contributed by atoms with Crippen LogP contribution in [0.15, 0.2) is 0 Å². The van der Waals surface area contributed by atoms with Crippen molar-refractivity contribution in [1.29, 1.82) is 0 Å². The second-order valence-electron chi connectivity index (χ2n) is 5.88. The Hall–Kier alpha value is -1.41. The third kappa shape index (κ3) is 12.8. The average Bonchev–Trinajstić information content (AvgIpc) is 2.52. The molecule has 0 aromatic rings. The van der Waals surface area contributed by atoms with E-state index in [0.29, 0.717) is 19.3 Å². The molecule has 1 N–H and O–H groups in total. The Morgan fingerprint density at radius 2 is 1.61 bits per heavy atom. The molecule has 0 aromatic heterocycles. The molecule has 0 amide bonds. The number of carbonyl (C=O) groups excluding carboxylic acids is 1. The molecule has 23 heavy (non-hydrogen) atoms. The second-order valence-corrected chi connectivity index (χ2v) is 5.88. The molecule has 0 aliphatic heterocycles. The van der Waals surface area contributed by atoms with Crippen molar-refractivity contribution in [3.8, 4) is 11.8 Å². The SMILES string of the molecule is CCCCCCC(C(O)C#CCCCCCCC[C]=O)[N+](=O)[O-]. The number of rotatable bonds is 14. The number of aliphatic hydroxyl groups excluding tert-OH is 1. The molecular formula is C18H30NO4. The topological polar surface area (TPSA) is 80.4 Å². The van der Waals surface area contributed by atoms with E-state index >= 15 is 0 Å². The van der Waals surface area contributed by atoms with E-state index in [1.807, 2.05) is 6.29 Å². The monoisotopic (exact) mass is 324 g/mol. The quantitative estimate of drug-likeness (QED) is 0.228. The van der Waals surface area contributed by atoms with E-state index in [-0.39, 0.29) is 0 Å². The van der Waals surface area contributed by atoms with Gasteiger partial charge in [-0.2, -0.15) is 0 Å². The van der Waals surface area contributed by atoms with Crippen LogP contribution >= 0.6 is 0 Å². The highest BCUT2D eigenvalue weighted by Gasteiger charge is 2.27. The summed E-state index contributed by atoms with van der Waals surface area (Å²) in [7, 11) is 0. The number of nitro groups is 1. The number of nitrogens with zero attached hydrogens (tertiary/aromatic N) is 1. The van der Waals surface area contributed by atoms with E-state index < -0.39 is 17.1 Å². The summed E-state index contributed by atoms with van der Waals surface area (Å²) in [6, 6.07) is -0.973. The highest BCUT2D eigenvalue weighted by molar-refractivity contribution is 5.50. The predicted octanol–water partition coefficient (Wildman–Crippen LogP) is 3.81. The molecular weight excluding hydrogens is 294 g/mol. The molecule has 0 heterocycles. The summed E-state index contributed by atoms with van der Waals surface area (Å²) in [5, 5.41) is 20.9. The van der Waals surface area contributed by atoms with Gasteiger partial charge >= 0.3 is 0 Å². The first-order chi connectivity index (χ1) is 11.1. The lowest BCUT2D eigenvalue weighted by Crippen LogP contribution is -2.32. The highest BCUT2D eigenvalue weighted by Crippen LogP contribution is 2.11. The smallest absolute Gasteiger partial charge is 0.249 e. The molecule has 0 spiro atoms. The normalized spacial score (nSPS) is 13.0. The van der Waals surface area contributed by atoms with Crippen LogP contribution in [0.25, 0.3) is 0 Å². The number of hydrogen-bond acceptors (Lipinski definition) is 4. The van der Waals surface area contributed by atoms with Gasteiger partial charge in [0.2, 0.25) is 6.04 Å². The van der Waals surface area contributed by atoms with E-state index in [4.69, 9.17) is 0 Å². The number of unbranched alkanes of at least 4 members (excludes halogenated alkanes) is 9. The fourth-order valence-corrected chi connectivity index (χ4v) is 2.37. The Labute approximate surface area is 140 Å². The Morgan fingerprint density at radius 3 is 2.22 bits per heavy atom. The van der Waals surface area contributed by atoms with Crippen molar-refractivity contribution in [1.82, 2.24) is 0 Å².